The Hall–Kier alpha value is -0.280. The van der Waals surface area contributed by atoms with Crippen molar-refractivity contribution in [2.45, 2.75) is 5.92 Å². The van der Waals surface area contributed by atoms with E-state index >= 15 is 0 Å². The number of aliphatic hydroxyl groups excluding tert-OH is 1. The minimum absolute atomic E-state index is 0. The molecular weight excluding hydrogens is 233 g/mol. The van der Waals surface area contributed by atoms with Crippen molar-refractivity contribution < 1.29 is 5.11 Å². The van der Waals surface area contributed by atoms with Gasteiger partial charge in [-0.2, -0.15) is 0 Å². The van der Waals surface area contributed by atoms with Crippen molar-refractivity contribution in [1.29, 1.82) is 0 Å². The highest BCUT2D eigenvalue weighted by Gasteiger charge is 2.27. The molecule has 0 aromatic heterocycles. The van der Waals surface area contributed by atoms with Gasteiger partial charge in [0.2, 0.25) is 0 Å². The van der Waals surface area contributed by atoms with Gasteiger partial charge in [0.25, 0.3) is 0 Å². The fraction of sp³-hybridized carbons (Fsp3) is 0.455. The van der Waals surface area contributed by atoms with Crippen LogP contribution in [0.2, 0.25) is 5.02 Å². The Morgan fingerprint density at radius 3 is 2.53 bits per heavy atom. The summed E-state index contributed by atoms with van der Waals surface area (Å²) >= 11 is 5.82. The van der Waals surface area contributed by atoms with E-state index in [2.05, 4.69) is 5.32 Å². The Morgan fingerprint density at radius 1 is 1.27 bits per heavy atom. The number of hydrogen-bond acceptors (Lipinski definition) is 2. The van der Waals surface area contributed by atoms with E-state index < -0.39 is 0 Å². The van der Waals surface area contributed by atoms with Gasteiger partial charge in [-0.05, 0) is 17.7 Å². The monoisotopic (exact) mass is 247 g/mol. The van der Waals surface area contributed by atoms with E-state index in [0.29, 0.717) is 11.8 Å². The lowest BCUT2D eigenvalue weighted by Crippen LogP contribution is -2.14. The number of rotatable bonds is 2. The van der Waals surface area contributed by atoms with Gasteiger partial charge < -0.3 is 10.4 Å². The third-order valence-electron chi connectivity index (χ3n) is 2.87. The van der Waals surface area contributed by atoms with E-state index in [9.17, 15) is 5.11 Å². The molecule has 0 saturated carbocycles. The maximum absolute atomic E-state index is 9.19. The summed E-state index contributed by atoms with van der Waals surface area (Å²) in [6.07, 6.45) is 0. The van der Waals surface area contributed by atoms with Crippen LogP contribution in [0.15, 0.2) is 24.3 Å². The second-order valence-corrected chi connectivity index (χ2v) is 4.20. The Labute approximate surface area is 101 Å². The van der Waals surface area contributed by atoms with Gasteiger partial charge in [-0.15, -0.1) is 12.4 Å². The van der Waals surface area contributed by atoms with Crippen molar-refractivity contribution in [3.05, 3.63) is 34.9 Å². The number of halogens is 2. The summed E-state index contributed by atoms with van der Waals surface area (Å²) in [5, 5.41) is 13.2. The van der Waals surface area contributed by atoms with Crippen LogP contribution in [0.25, 0.3) is 0 Å². The molecule has 0 spiro atoms. The summed E-state index contributed by atoms with van der Waals surface area (Å²) in [6.45, 7) is 2.11. The molecule has 0 amide bonds. The van der Waals surface area contributed by atoms with E-state index in [4.69, 9.17) is 11.6 Å². The molecule has 1 fully saturated rings. The zero-order valence-electron chi connectivity index (χ0n) is 8.32. The van der Waals surface area contributed by atoms with Crippen molar-refractivity contribution in [3.8, 4) is 0 Å². The van der Waals surface area contributed by atoms with Crippen LogP contribution in [0.4, 0.5) is 0 Å². The van der Waals surface area contributed by atoms with Crippen molar-refractivity contribution in [1.82, 2.24) is 5.32 Å². The molecule has 1 aromatic carbocycles. The van der Waals surface area contributed by atoms with Crippen LogP contribution >= 0.6 is 24.0 Å². The van der Waals surface area contributed by atoms with Crippen LogP contribution in [-0.2, 0) is 0 Å². The summed E-state index contributed by atoms with van der Waals surface area (Å²) in [7, 11) is 0. The Morgan fingerprint density at radius 2 is 1.93 bits per heavy atom. The predicted octanol–water partition coefficient (Wildman–Crippen LogP) is 2.06. The average Bonchev–Trinajstić information content (AvgIpc) is 2.67. The lowest BCUT2D eigenvalue weighted by atomic mass is 9.90. The van der Waals surface area contributed by atoms with Gasteiger partial charge in [-0.1, -0.05) is 23.7 Å². The lowest BCUT2D eigenvalue weighted by Gasteiger charge is -2.16. The highest BCUT2D eigenvalue weighted by atomic mass is 35.5. The Balaban J connectivity index is 0.00000112. The third kappa shape index (κ3) is 2.85. The summed E-state index contributed by atoms with van der Waals surface area (Å²) in [5.74, 6) is 0.772. The minimum atomic E-state index is 0. The summed E-state index contributed by atoms with van der Waals surface area (Å²) in [4.78, 5) is 0. The van der Waals surface area contributed by atoms with E-state index in [1.165, 1.54) is 5.56 Å². The molecule has 2 nitrogen and oxygen atoms in total. The van der Waals surface area contributed by atoms with Crippen LogP contribution in [0, 0.1) is 5.92 Å². The molecule has 1 heterocycles. The van der Waals surface area contributed by atoms with Gasteiger partial charge in [0.15, 0.2) is 0 Å². The van der Waals surface area contributed by atoms with E-state index in [1.54, 1.807) is 0 Å². The smallest absolute Gasteiger partial charge is 0.0477 e. The highest BCUT2D eigenvalue weighted by molar-refractivity contribution is 6.30. The average molecular weight is 248 g/mol. The first-order valence-corrected chi connectivity index (χ1v) is 5.26. The lowest BCUT2D eigenvalue weighted by molar-refractivity contribution is 0.226. The van der Waals surface area contributed by atoms with Crippen molar-refractivity contribution in [2.75, 3.05) is 19.7 Å². The fourth-order valence-electron chi connectivity index (χ4n) is 2.02. The standard InChI is InChI=1S/C11H14ClNO.ClH/c12-10-3-1-8(2-4-10)11-6-13-5-9(11)7-14;/h1-4,9,11,13-14H,5-7H2;1H/t9-,11-;/m0./s1. The summed E-state index contributed by atoms with van der Waals surface area (Å²) < 4.78 is 0. The first kappa shape index (κ1) is 12.8. The second-order valence-electron chi connectivity index (χ2n) is 3.76. The van der Waals surface area contributed by atoms with Gasteiger partial charge >= 0.3 is 0 Å². The Bertz CT molecular complexity index is 302. The van der Waals surface area contributed by atoms with Gasteiger partial charge in [0.05, 0.1) is 0 Å². The van der Waals surface area contributed by atoms with Gasteiger partial charge in [0, 0.05) is 36.6 Å². The van der Waals surface area contributed by atoms with Crippen LogP contribution < -0.4 is 5.32 Å². The molecular formula is C11H15Cl2NO. The summed E-state index contributed by atoms with van der Waals surface area (Å²) in [5.41, 5.74) is 1.26. The molecule has 15 heavy (non-hydrogen) atoms. The normalized spacial score (nSPS) is 24.9. The molecule has 0 unspecified atom stereocenters. The topological polar surface area (TPSA) is 32.3 Å². The molecule has 1 aliphatic heterocycles. The molecule has 1 aliphatic rings. The number of benzene rings is 1. The quantitative estimate of drug-likeness (QED) is 0.839. The third-order valence-corrected chi connectivity index (χ3v) is 3.12. The molecule has 0 bridgehead atoms. The van der Waals surface area contributed by atoms with E-state index in [0.717, 1.165) is 18.1 Å². The molecule has 2 N–H and O–H groups in total. The molecule has 2 rings (SSSR count). The van der Waals surface area contributed by atoms with Crippen LogP contribution in [0.3, 0.4) is 0 Å². The molecule has 1 aromatic rings. The molecule has 0 aliphatic carbocycles. The van der Waals surface area contributed by atoms with Crippen molar-refractivity contribution in [2.24, 2.45) is 5.92 Å². The molecule has 84 valence electrons. The largest absolute Gasteiger partial charge is 0.396 e. The number of nitrogens with one attached hydrogen (secondary N) is 1. The van der Waals surface area contributed by atoms with Crippen molar-refractivity contribution >= 4 is 24.0 Å². The second kappa shape index (κ2) is 5.71. The van der Waals surface area contributed by atoms with Crippen LogP contribution in [0.1, 0.15) is 11.5 Å². The Kier molecular flexibility index (Phi) is 4.87. The minimum Gasteiger partial charge on any atom is -0.396 e. The first-order valence-electron chi connectivity index (χ1n) is 4.88. The van der Waals surface area contributed by atoms with E-state index in [1.807, 2.05) is 24.3 Å². The molecule has 2 atom stereocenters. The number of aliphatic hydroxyl groups is 1. The number of hydrogen-bond donors (Lipinski definition) is 2. The molecule has 4 heteroatoms. The zero-order valence-corrected chi connectivity index (χ0v) is 9.89. The summed E-state index contributed by atoms with van der Waals surface area (Å²) in [6, 6.07) is 7.90. The van der Waals surface area contributed by atoms with E-state index in [-0.39, 0.29) is 19.0 Å². The molecule has 0 radical (unpaired) electrons. The maximum Gasteiger partial charge on any atom is 0.0477 e. The highest BCUT2D eigenvalue weighted by Crippen LogP contribution is 2.28. The van der Waals surface area contributed by atoms with Gasteiger partial charge in [-0.25, -0.2) is 0 Å². The maximum atomic E-state index is 9.19. The SMILES string of the molecule is Cl.OC[C@@H]1CNC[C@H]1c1ccc(Cl)cc1. The zero-order chi connectivity index (χ0) is 9.97. The van der Waals surface area contributed by atoms with Gasteiger partial charge in [0.1, 0.15) is 0 Å². The first-order chi connectivity index (χ1) is 6.81. The van der Waals surface area contributed by atoms with Gasteiger partial charge in [-0.3, -0.25) is 0 Å². The molecule has 1 saturated heterocycles. The predicted molar refractivity (Wildman–Crippen MR) is 64.9 cm³/mol. The van der Waals surface area contributed by atoms with Crippen LogP contribution in [-0.4, -0.2) is 24.8 Å². The van der Waals surface area contributed by atoms with Crippen LogP contribution in [0.5, 0.6) is 0 Å². The van der Waals surface area contributed by atoms with Crippen molar-refractivity contribution in [3.63, 3.8) is 0 Å². The fourth-order valence-corrected chi connectivity index (χ4v) is 2.15.